The van der Waals surface area contributed by atoms with Crippen molar-refractivity contribution < 1.29 is 20.1 Å². The molecule has 5 heteroatoms. The van der Waals surface area contributed by atoms with Crippen molar-refractivity contribution in [2.75, 3.05) is 6.61 Å². The van der Waals surface area contributed by atoms with Gasteiger partial charge in [0.1, 0.15) is 0 Å². The van der Waals surface area contributed by atoms with Crippen LogP contribution in [-0.2, 0) is 4.79 Å². The van der Waals surface area contributed by atoms with Gasteiger partial charge in [0.25, 0.3) is 0 Å². The standard InChI is InChI=1S/C48H93NO4/c1-3-5-7-9-11-13-15-17-19-21-23-25-27-29-31-33-35-37-39-41-45(51)43-48(53)49-46(44-50)47(52)42-40-38-36-34-32-30-28-26-24-22-20-18-16-14-12-10-8-6-4-2/h32,34,40,42,45-47,50-52H,3-31,33,35-39,41,43-44H2,1-2H3,(H,49,53)/b34-32+,42-40+. The summed E-state index contributed by atoms with van der Waals surface area (Å²) in [4.78, 5) is 12.5. The third-order valence-electron chi connectivity index (χ3n) is 11.0. The maximum Gasteiger partial charge on any atom is 0.222 e. The normalized spacial score (nSPS) is 13.7. The van der Waals surface area contributed by atoms with Crippen LogP contribution in [0.4, 0.5) is 0 Å². The Kier molecular flexibility index (Phi) is 42.6. The van der Waals surface area contributed by atoms with Crippen molar-refractivity contribution in [3.05, 3.63) is 24.3 Å². The summed E-state index contributed by atoms with van der Waals surface area (Å²) in [6, 6.07) is -0.757. The molecule has 0 spiro atoms. The molecule has 0 aromatic carbocycles. The molecule has 0 rings (SSSR count). The van der Waals surface area contributed by atoms with E-state index in [9.17, 15) is 20.1 Å². The molecule has 4 N–H and O–H groups in total. The number of rotatable bonds is 43. The summed E-state index contributed by atoms with van der Waals surface area (Å²) in [5.41, 5.74) is 0. The molecule has 0 aromatic heterocycles. The van der Waals surface area contributed by atoms with E-state index in [1.807, 2.05) is 6.08 Å². The lowest BCUT2D eigenvalue weighted by Crippen LogP contribution is -2.45. The topological polar surface area (TPSA) is 89.8 Å². The molecular formula is C48H93NO4. The zero-order valence-corrected chi connectivity index (χ0v) is 35.7. The van der Waals surface area contributed by atoms with E-state index < -0.39 is 18.2 Å². The van der Waals surface area contributed by atoms with Crippen molar-refractivity contribution in [1.82, 2.24) is 5.32 Å². The Morgan fingerprint density at radius 1 is 0.472 bits per heavy atom. The first kappa shape index (κ1) is 51.8. The monoisotopic (exact) mass is 748 g/mol. The minimum atomic E-state index is -0.949. The molecule has 0 radical (unpaired) electrons. The van der Waals surface area contributed by atoms with Gasteiger partial charge < -0.3 is 20.6 Å². The second kappa shape index (κ2) is 43.6. The second-order valence-corrected chi connectivity index (χ2v) is 16.4. The molecule has 0 bridgehead atoms. The lowest BCUT2D eigenvalue weighted by Gasteiger charge is -2.21. The summed E-state index contributed by atoms with van der Waals surface area (Å²) in [7, 11) is 0. The van der Waals surface area contributed by atoms with E-state index in [0.717, 1.165) is 32.1 Å². The Bertz CT molecular complexity index is 784. The lowest BCUT2D eigenvalue weighted by molar-refractivity contribution is -0.124. The van der Waals surface area contributed by atoms with E-state index in [4.69, 9.17) is 0 Å². The molecule has 1 amide bonds. The molecule has 0 heterocycles. The Morgan fingerprint density at radius 3 is 1.21 bits per heavy atom. The van der Waals surface area contributed by atoms with Crippen LogP contribution in [0, 0.1) is 0 Å². The highest BCUT2D eigenvalue weighted by Gasteiger charge is 2.20. The maximum absolute atomic E-state index is 12.5. The number of carbonyl (C=O) groups is 1. The zero-order valence-electron chi connectivity index (χ0n) is 35.7. The van der Waals surface area contributed by atoms with Crippen LogP contribution in [0.2, 0.25) is 0 Å². The molecule has 0 aliphatic heterocycles. The number of aliphatic hydroxyl groups excluding tert-OH is 3. The fourth-order valence-corrected chi connectivity index (χ4v) is 7.36. The van der Waals surface area contributed by atoms with Gasteiger partial charge in [-0.25, -0.2) is 0 Å². The minimum absolute atomic E-state index is 0.00995. The van der Waals surface area contributed by atoms with E-state index in [0.29, 0.717) is 6.42 Å². The minimum Gasteiger partial charge on any atom is -0.394 e. The Labute approximate surface area is 331 Å². The van der Waals surface area contributed by atoms with Crippen molar-refractivity contribution in [1.29, 1.82) is 0 Å². The molecule has 0 saturated heterocycles. The molecule has 0 aliphatic carbocycles. The predicted molar refractivity (Wildman–Crippen MR) is 231 cm³/mol. The average Bonchev–Trinajstić information content (AvgIpc) is 3.15. The van der Waals surface area contributed by atoms with Gasteiger partial charge in [0.15, 0.2) is 0 Å². The number of unbranched alkanes of at least 4 members (excludes halogenated alkanes) is 32. The molecule has 314 valence electrons. The molecule has 3 unspecified atom stereocenters. The fraction of sp³-hybridized carbons (Fsp3) is 0.896. The zero-order chi connectivity index (χ0) is 38.7. The van der Waals surface area contributed by atoms with Crippen molar-refractivity contribution in [3.8, 4) is 0 Å². The van der Waals surface area contributed by atoms with Crippen molar-refractivity contribution >= 4 is 5.91 Å². The van der Waals surface area contributed by atoms with Crippen LogP contribution < -0.4 is 5.32 Å². The number of carbonyl (C=O) groups excluding carboxylic acids is 1. The van der Waals surface area contributed by atoms with Crippen molar-refractivity contribution in [3.63, 3.8) is 0 Å². The number of nitrogens with one attached hydrogen (secondary N) is 1. The van der Waals surface area contributed by atoms with Crippen LogP contribution >= 0.6 is 0 Å². The number of hydrogen-bond donors (Lipinski definition) is 4. The highest BCUT2D eigenvalue weighted by atomic mass is 16.3. The first-order chi connectivity index (χ1) is 26.0. The van der Waals surface area contributed by atoms with E-state index in [2.05, 4.69) is 31.3 Å². The molecule has 0 saturated carbocycles. The molecule has 0 fully saturated rings. The second-order valence-electron chi connectivity index (χ2n) is 16.4. The molecule has 5 nitrogen and oxygen atoms in total. The van der Waals surface area contributed by atoms with Gasteiger partial charge in [-0.1, -0.05) is 237 Å². The van der Waals surface area contributed by atoms with Gasteiger partial charge in [-0.05, 0) is 32.1 Å². The third-order valence-corrected chi connectivity index (χ3v) is 11.0. The van der Waals surface area contributed by atoms with Gasteiger partial charge in [-0.2, -0.15) is 0 Å². The molecule has 3 atom stereocenters. The van der Waals surface area contributed by atoms with Gasteiger partial charge in [-0.3, -0.25) is 4.79 Å². The Morgan fingerprint density at radius 2 is 0.811 bits per heavy atom. The quantitative estimate of drug-likeness (QED) is 0.0369. The summed E-state index contributed by atoms with van der Waals surface area (Å²) >= 11 is 0. The summed E-state index contributed by atoms with van der Waals surface area (Å²) in [5, 5.41) is 33.3. The number of allylic oxidation sites excluding steroid dienone is 3. The third kappa shape index (κ3) is 40.3. The largest absolute Gasteiger partial charge is 0.394 e. The fourth-order valence-electron chi connectivity index (χ4n) is 7.36. The SMILES string of the molecule is CCCCCCCCCCCCCCC/C=C/CC/C=C/C(O)C(CO)NC(=O)CC(O)CCCCCCCCCCCCCCCCCCCCC. The predicted octanol–water partition coefficient (Wildman–Crippen LogP) is 13.8. The Hall–Kier alpha value is -1.17. The van der Waals surface area contributed by atoms with E-state index in [1.165, 1.54) is 193 Å². The summed E-state index contributed by atoms with van der Waals surface area (Å²) in [6.45, 7) is 4.22. The highest BCUT2D eigenvalue weighted by Crippen LogP contribution is 2.16. The molecule has 0 aromatic rings. The molecular weight excluding hydrogens is 655 g/mol. The van der Waals surface area contributed by atoms with Gasteiger partial charge >= 0.3 is 0 Å². The summed E-state index contributed by atoms with van der Waals surface area (Å²) < 4.78 is 0. The summed E-state index contributed by atoms with van der Waals surface area (Å²) in [6.07, 6.45) is 53.3. The van der Waals surface area contributed by atoms with Gasteiger partial charge in [0, 0.05) is 0 Å². The van der Waals surface area contributed by atoms with Gasteiger partial charge in [-0.15, -0.1) is 0 Å². The van der Waals surface area contributed by atoms with Gasteiger partial charge in [0.05, 0.1) is 31.3 Å². The van der Waals surface area contributed by atoms with Crippen LogP contribution in [-0.4, -0.2) is 46.1 Å². The number of hydrogen-bond acceptors (Lipinski definition) is 4. The van der Waals surface area contributed by atoms with Crippen LogP contribution in [0.25, 0.3) is 0 Å². The van der Waals surface area contributed by atoms with Crippen LogP contribution in [0.1, 0.15) is 251 Å². The van der Waals surface area contributed by atoms with E-state index >= 15 is 0 Å². The molecule has 0 aliphatic rings. The number of amides is 1. The maximum atomic E-state index is 12.5. The molecule has 53 heavy (non-hydrogen) atoms. The number of aliphatic hydroxyl groups is 3. The smallest absolute Gasteiger partial charge is 0.222 e. The van der Waals surface area contributed by atoms with Crippen molar-refractivity contribution in [2.45, 2.75) is 270 Å². The Balaban J connectivity index is 3.66. The van der Waals surface area contributed by atoms with Crippen LogP contribution in [0.3, 0.4) is 0 Å². The van der Waals surface area contributed by atoms with E-state index in [-0.39, 0.29) is 18.9 Å². The van der Waals surface area contributed by atoms with Crippen LogP contribution in [0.15, 0.2) is 24.3 Å². The van der Waals surface area contributed by atoms with Gasteiger partial charge in [0.2, 0.25) is 5.91 Å². The lowest BCUT2D eigenvalue weighted by atomic mass is 10.0. The van der Waals surface area contributed by atoms with Crippen LogP contribution in [0.5, 0.6) is 0 Å². The first-order valence-electron chi connectivity index (χ1n) is 23.6. The average molecular weight is 748 g/mol. The van der Waals surface area contributed by atoms with Crippen molar-refractivity contribution in [2.24, 2.45) is 0 Å². The summed E-state index contributed by atoms with van der Waals surface area (Å²) in [5.74, 6) is -0.321. The first-order valence-corrected chi connectivity index (χ1v) is 23.6. The van der Waals surface area contributed by atoms with E-state index in [1.54, 1.807) is 6.08 Å². The highest BCUT2D eigenvalue weighted by molar-refractivity contribution is 5.76.